The fourth-order valence-corrected chi connectivity index (χ4v) is 15.9. The third-order valence-corrected chi connectivity index (χ3v) is 20.7. The maximum absolute atomic E-state index is 4.76. The molecule has 0 unspecified atom stereocenters. The Hall–Kier alpha value is -1.94. The molecule has 0 spiro atoms. The zero-order valence-corrected chi connectivity index (χ0v) is 51.8. The average molecular weight is 1040 g/mol. The van der Waals surface area contributed by atoms with Crippen molar-refractivity contribution in [3.8, 4) is 0 Å². The number of hydrogen-bond acceptors (Lipinski definition) is 0. The molecule has 0 bridgehead atoms. The Bertz CT molecular complexity index is 2260. The SMILES string of the molecule is CC(C)(C)c1cc([PH+](c2cc(C(C)(C)C)cc(C(C)(C)C)c2)c2ccccc2[P+](C)(c2cc(C(C)(C)C)cc(C(C)(C)C)c2)c2cc(C(C)(C)C)cc(C(C)(C)C)c2)cc(C(C)(C)C)c1.[Cl][Fe][Cl]. The molecule has 5 rings (SSSR count). The van der Waals surface area contributed by atoms with Crippen LogP contribution in [0, 0.1) is 0 Å². The molecule has 5 heteroatoms. The maximum atomic E-state index is 4.76. The van der Waals surface area contributed by atoms with Gasteiger partial charge in [0, 0.05) is 0 Å². The van der Waals surface area contributed by atoms with Crippen LogP contribution in [0.25, 0.3) is 0 Å². The van der Waals surface area contributed by atoms with Crippen molar-refractivity contribution in [3.05, 3.63) is 142 Å². The summed E-state index contributed by atoms with van der Waals surface area (Å²) in [6.45, 7) is 60.1. The van der Waals surface area contributed by atoms with Gasteiger partial charge >= 0.3 is 33.3 Å². The standard InChI is InChI=1S/C63H91P2.2ClH.Fe/c1-56(2,3)42-30-43(57(4,5)6)35-50(34-42)64(51-36-44(58(7,8)9)31-45(37-51)59(10,11)12)54-28-26-27-29-55(54)65(25,52-38-46(60(13,14)15)32-47(39-52)61(16,17)18)53-40-48(62(19,20)21)33-49(41-53)63(22,23)24;;;/h26-41H,1-25H3;2*1H;/q+1;;;+2/p-1. The fourth-order valence-electron chi connectivity index (χ4n) is 8.73. The summed E-state index contributed by atoms with van der Waals surface area (Å²) in [7, 11) is 5.48. The monoisotopic (exact) mass is 1040 g/mol. The van der Waals surface area contributed by atoms with Gasteiger partial charge in [0.05, 0.1) is 6.66 Å². The van der Waals surface area contributed by atoms with Gasteiger partial charge in [-0.3, -0.25) is 0 Å². The molecule has 0 N–H and O–H groups in total. The van der Waals surface area contributed by atoms with Crippen molar-refractivity contribution < 1.29 is 13.1 Å². The van der Waals surface area contributed by atoms with Gasteiger partial charge < -0.3 is 0 Å². The summed E-state index contributed by atoms with van der Waals surface area (Å²) in [6.07, 6.45) is 0. The van der Waals surface area contributed by atoms with Gasteiger partial charge in [-0.15, -0.1) is 0 Å². The fraction of sp³-hybridized carbons (Fsp3) is 0.524. The number of benzene rings is 5. The van der Waals surface area contributed by atoms with E-state index in [1.54, 1.807) is 0 Å². The summed E-state index contributed by atoms with van der Waals surface area (Å²) < 4.78 is 0. The molecule has 0 atom stereocenters. The number of halogens is 2. The van der Waals surface area contributed by atoms with Crippen LogP contribution in [0.15, 0.2) is 97.1 Å². The molecule has 0 saturated carbocycles. The summed E-state index contributed by atoms with van der Waals surface area (Å²) in [4.78, 5) is 0. The van der Waals surface area contributed by atoms with E-state index < -0.39 is 15.2 Å². The summed E-state index contributed by atoms with van der Waals surface area (Å²) in [5.74, 6) is 0. The van der Waals surface area contributed by atoms with Gasteiger partial charge in [0.25, 0.3) is 0 Å². The Kier molecular flexibility index (Phi) is 17.7. The van der Waals surface area contributed by atoms with Crippen LogP contribution in [0.3, 0.4) is 0 Å². The summed E-state index contributed by atoms with van der Waals surface area (Å²) in [5.41, 5.74) is 11.2. The van der Waals surface area contributed by atoms with E-state index in [9.17, 15) is 0 Å². The number of hydrogen-bond donors (Lipinski definition) is 0. The van der Waals surface area contributed by atoms with Crippen molar-refractivity contribution in [1.82, 2.24) is 0 Å². The van der Waals surface area contributed by atoms with Crippen LogP contribution >= 0.6 is 35.4 Å². The zero-order chi connectivity index (χ0) is 52.2. The second kappa shape index (κ2) is 20.5. The molecule has 68 heavy (non-hydrogen) atoms. The van der Waals surface area contributed by atoms with E-state index in [1.165, 1.54) is 76.3 Å². The van der Waals surface area contributed by atoms with E-state index in [2.05, 4.69) is 270 Å². The summed E-state index contributed by atoms with van der Waals surface area (Å²) in [5, 5.41) is 8.95. The molecular formula is C63H92Cl2FeP2+2. The molecule has 0 nitrogen and oxygen atoms in total. The van der Waals surface area contributed by atoms with Crippen molar-refractivity contribution >= 4 is 67.2 Å². The van der Waals surface area contributed by atoms with Crippen LogP contribution in [-0.4, -0.2) is 6.66 Å². The van der Waals surface area contributed by atoms with Gasteiger partial charge in [-0.2, -0.15) is 0 Å². The average Bonchev–Trinajstić information content (AvgIpc) is 3.18. The third-order valence-electron chi connectivity index (χ3n) is 13.9. The van der Waals surface area contributed by atoms with Crippen LogP contribution in [0.4, 0.5) is 0 Å². The molecule has 0 radical (unpaired) electrons. The molecule has 0 amide bonds. The van der Waals surface area contributed by atoms with Crippen LogP contribution in [-0.2, 0) is 56.5 Å². The van der Waals surface area contributed by atoms with Crippen molar-refractivity contribution in [1.29, 1.82) is 0 Å². The normalized spacial score (nSPS) is 13.8. The first kappa shape index (κ1) is 58.6. The molecule has 0 fully saturated rings. The van der Waals surface area contributed by atoms with Crippen molar-refractivity contribution in [2.75, 3.05) is 6.66 Å². The zero-order valence-electron chi connectivity index (χ0n) is 47.3. The van der Waals surface area contributed by atoms with E-state index in [0.29, 0.717) is 0 Å². The molecule has 0 aliphatic rings. The van der Waals surface area contributed by atoms with Gasteiger partial charge in [-0.05, 0) is 148 Å². The second-order valence-corrected chi connectivity index (χ2v) is 35.9. The molecule has 0 saturated heterocycles. The summed E-state index contributed by atoms with van der Waals surface area (Å²) in [6, 6.07) is 40.8. The van der Waals surface area contributed by atoms with Crippen LogP contribution < -0.4 is 31.8 Å². The van der Waals surface area contributed by atoms with Gasteiger partial charge in [0.2, 0.25) is 0 Å². The van der Waals surface area contributed by atoms with E-state index in [0.717, 1.165) is 0 Å². The predicted octanol–water partition coefficient (Wildman–Crippen LogP) is 16.9. The molecule has 0 aliphatic heterocycles. The van der Waals surface area contributed by atoms with E-state index in [1.807, 2.05) is 0 Å². The Morgan fingerprint density at radius 2 is 0.544 bits per heavy atom. The molecule has 0 aliphatic carbocycles. The van der Waals surface area contributed by atoms with Crippen LogP contribution in [0.1, 0.15) is 211 Å². The first-order valence-corrected chi connectivity index (χ1v) is 31.7. The Labute approximate surface area is 435 Å². The van der Waals surface area contributed by atoms with Crippen molar-refractivity contribution in [3.63, 3.8) is 0 Å². The first-order valence-electron chi connectivity index (χ1n) is 24.9. The van der Waals surface area contributed by atoms with E-state index in [4.69, 9.17) is 20.2 Å². The second-order valence-electron chi connectivity index (χ2n) is 28.1. The van der Waals surface area contributed by atoms with E-state index in [-0.39, 0.29) is 56.5 Å². The molecule has 374 valence electrons. The van der Waals surface area contributed by atoms with Crippen molar-refractivity contribution in [2.24, 2.45) is 0 Å². The predicted molar refractivity (Wildman–Crippen MR) is 312 cm³/mol. The molecule has 0 heterocycles. The third kappa shape index (κ3) is 14.0. The molecule has 5 aromatic carbocycles. The van der Waals surface area contributed by atoms with Crippen LogP contribution in [0.5, 0.6) is 0 Å². The first-order chi connectivity index (χ1) is 30.5. The minimum atomic E-state index is -2.40. The Morgan fingerprint density at radius 3 is 0.765 bits per heavy atom. The summed E-state index contributed by atoms with van der Waals surface area (Å²) >= 11 is 0.194. The van der Waals surface area contributed by atoms with Gasteiger partial charge in [0.15, 0.2) is 0 Å². The molecular weight excluding hydrogens is 945 g/mol. The molecule has 5 aromatic rings. The van der Waals surface area contributed by atoms with Gasteiger partial charge in [-0.1, -0.05) is 203 Å². The van der Waals surface area contributed by atoms with Crippen LogP contribution in [0.2, 0.25) is 0 Å². The van der Waals surface area contributed by atoms with E-state index >= 15 is 0 Å². The van der Waals surface area contributed by atoms with Gasteiger partial charge in [0.1, 0.15) is 47.0 Å². The Balaban J connectivity index is 0.00000327. The number of rotatable bonds is 6. The van der Waals surface area contributed by atoms with Crippen molar-refractivity contribution in [2.45, 2.75) is 209 Å². The quantitative estimate of drug-likeness (QED) is 0.117. The minimum absolute atomic E-state index is 0.0125. The molecule has 0 aromatic heterocycles. The Morgan fingerprint density at radius 1 is 0.338 bits per heavy atom. The topological polar surface area (TPSA) is 0 Å². The van der Waals surface area contributed by atoms with Gasteiger partial charge in [-0.25, -0.2) is 0 Å².